The largest absolute Gasteiger partial charge is 0.290 e. The highest BCUT2D eigenvalue weighted by Gasteiger charge is 2.47. The summed E-state index contributed by atoms with van der Waals surface area (Å²) in [5, 5.41) is 0. The molecular weight excluding hydrogens is 212 g/mol. The van der Waals surface area contributed by atoms with Crippen LogP contribution in [0.5, 0.6) is 0 Å². The van der Waals surface area contributed by atoms with E-state index in [2.05, 4.69) is 13.8 Å². The maximum Gasteiger partial charge on any atom is 0.290 e. The van der Waals surface area contributed by atoms with Crippen molar-refractivity contribution in [3.05, 3.63) is 10.5 Å². The highest BCUT2D eigenvalue weighted by Crippen LogP contribution is 2.55. The summed E-state index contributed by atoms with van der Waals surface area (Å²) in [6.45, 7) is 5.96. The van der Waals surface area contributed by atoms with Crippen molar-refractivity contribution in [2.45, 2.75) is 33.6 Å². The topological polar surface area (TPSA) is 54.4 Å². The van der Waals surface area contributed by atoms with Crippen LogP contribution in [0.1, 0.15) is 33.6 Å². The van der Waals surface area contributed by atoms with E-state index < -0.39 is 10.1 Å². The third-order valence-corrected chi connectivity index (χ3v) is 5.57. The Hall–Kier alpha value is -0.350. The molecule has 4 unspecified atom stereocenters. The summed E-state index contributed by atoms with van der Waals surface area (Å²) in [4.78, 5) is 0.203. The molecule has 2 aliphatic rings. The van der Waals surface area contributed by atoms with Gasteiger partial charge in [0.2, 0.25) is 0 Å². The minimum atomic E-state index is -3.97. The van der Waals surface area contributed by atoms with Crippen molar-refractivity contribution in [1.82, 2.24) is 0 Å². The maximum absolute atomic E-state index is 11.1. The molecule has 15 heavy (non-hydrogen) atoms. The van der Waals surface area contributed by atoms with E-state index in [1.54, 1.807) is 0 Å². The van der Waals surface area contributed by atoms with Crippen LogP contribution in [0.3, 0.4) is 0 Å². The molecule has 0 aromatic rings. The molecule has 0 aromatic heterocycles. The normalized spacial score (nSPS) is 43.5. The Balaban J connectivity index is 2.38. The Kier molecular flexibility index (Phi) is 2.47. The summed E-state index contributed by atoms with van der Waals surface area (Å²) < 4.78 is 31.2. The summed E-state index contributed by atoms with van der Waals surface area (Å²) in [6, 6.07) is 0. The van der Waals surface area contributed by atoms with Gasteiger partial charge in [-0.25, -0.2) is 0 Å². The smallest absolute Gasteiger partial charge is 0.282 e. The summed E-state index contributed by atoms with van der Waals surface area (Å²) in [6.07, 6.45) is 1.96. The third-order valence-electron chi connectivity index (χ3n) is 4.53. The third kappa shape index (κ3) is 1.64. The van der Waals surface area contributed by atoms with E-state index in [0.29, 0.717) is 23.7 Å². The van der Waals surface area contributed by atoms with Crippen LogP contribution < -0.4 is 0 Å². The standard InChI is InChI=1S/C11H18O3S/c1-6-7(2)10-4-9(6)5-11(10)8(3)15(12,13)14/h6-7,9-10H,4-5H2,1-3H3,(H,12,13,14)/b11-8-. The second kappa shape index (κ2) is 3.32. The predicted molar refractivity (Wildman–Crippen MR) is 58.8 cm³/mol. The van der Waals surface area contributed by atoms with Gasteiger partial charge in [0.15, 0.2) is 0 Å². The Morgan fingerprint density at radius 1 is 1.33 bits per heavy atom. The minimum Gasteiger partial charge on any atom is -0.282 e. The van der Waals surface area contributed by atoms with Crippen molar-refractivity contribution in [1.29, 1.82) is 0 Å². The molecule has 0 radical (unpaired) electrons. The minimum absolute atomic E-state index is 0.203. The van der Waals surface area contributed by atoms with Crippen LogP contribution in [0.25, 0.3) is 0 Å². The van der Waals surface area contributed by atoms with Crippen LogP contribution in [0.15, 0.2) is 10.5 Å². The number of fused-ring (bicyclic) bond motifs is 2. The van der Waals surface area contributed by atoms with Gasteiger partial charge in [0.25, 0.3) is 10.1 Å². The first-order valence-corrected chi connectivity index (χ1v) is 6.93. The van der Waals surface area contributed by atoms with Crippen molar-refractivity contribution in [2.24, 2.45) is 23.7 Å². The highest BCUT2D eigenvalue weighted by atomic mass is 32.2. The molecular formula is C11H18O3S. The molecule has 3 nitrogen and oxygen atoms in total. The van der Waals surface area contributed by atoms with Gasteiger partial charge in [-0.3, -0.25) is 4.55 Å². The van der Waals surface area contributed by atoms with Crippen molar-refractivity contribution < 1.29 is 13.0 Å². The van der Waals surface area contributed by atoms with Crippen molar-refractivity contribution in [2.75, 3.05) is 0 Å². The monoisotopic (exact) mass is 230 g/mol. The molecule has 2 fully saturated rings. The molecule has 0 aliphatic heterocycles. The van der Waals surface area contributed by atoms with Gasteiger partial charge in [0.05, 0.1) is 4.91 Å². The van der Waals surface area contributed by atoms with Crippen LogP contribution in [-0.2, 0) is 10.1 Å². The van der Waals surface area contributed by atoms with Crippen LogP contribution >= 0.6 is 0 Å². The molecule has 2 bridgehead atoms. The Bertz CT molecular complexity index is 406. The second-order valence-electron chi connectivity index (χ2n) is 5.08. The van der Waals surface area contributed by atoms with E-state index in [1.165, 1.54) is 6.92 Å². The zero-order valence-electron chi connectivity index (χ0n) is 9.40. The zero-order valence-corrected chi connectivity index (χ0v) is 10.2. The molecule has 4 atom stereocenters. The van der Waals surface area contributed by atoms with Crippen LogP contribution in [0.4, 0.5) is 0 Å². The number of allylic oxidation sites excluding steroid dienone is 2. The van der Waals surface area contributed by atoms with Gasteiger partial charge in [0.1, 0.15) is 0 Å². The average molecular weight is 230 g/mol. The van der Waals surface area contributed by atoms with Gasteiger partial charge >= 0.3 is 0 Å². The molecule has 1 N–H and O–H groups in total. The molecule has 2 aliphatic carbocycles. The SMILES string of the molecule is C/C(=C1\CC2CC1C(C)C2C)S(=O)(=O)O. The van der Waals surface area contributed by atoms with Gasteiger partial charge in [-0.2, -0.15) is 8.42 Å². The van der Waals surface area contributed by atoms with E-state index in [-0.39, 0.29) is 4.91 Å². The predicted octanol–water partition coefficient (Wildman–Crippen LogP) is 2.46. The number of hydrogen-bond donors (Lipinski definition) is 1. The molecule has 0 saturated heterocycles. The molecule has 0 heterocycles. The first kappa shape index (κ1) is 11.1. The summed E-state index contributed by atoms with van der Waals surface area (Å²) in [5.74, 6) is 2.24. The lowest BCUT2D eigenvalue weighted by Gasteiger charge is -2.27. The van der Waals surface area contributed by atoms with E-state index in [1.807, 2.05) is 0 Å². The molecule has 2 saturated carbocycles. The van der Waals surface area contributed by atoms with E-state index in [0.717, 1.165) is 18.4 Å². The zero-order chi connectivity index (χ0) is 11.4. The average Bonchev–Trinajstić information content (AvgIpc) is 2.65. The molecule has 0 amide bonds. The quantitative estimate of drug-likeness (QED) is 0.704. The summed E-state index contributed by atoms with van der Waals surface area (Å²) >= 11 is 0. The lowest BCUT2D eigenvalue weighted by molar-refractivity contribution is 0.304. The van der Waals surface area contributed by atoms with Crippen molar-refractivity contribution >= 4 is 10.1 Å². The van der Waals surface area contributed by atoms with E-state index >= 15 is 0 Å². The Morgan fingerprint density at radius 3 is 2.33 bits per heavy atom. The van der Waals surface area contributed by atoms with Crippen LogP contribution in [0, 0.1) is 23.7 Å². The fraction of sp³-hybridized carbons (Fsp3) is 0.818. The first-order chi connectivity index (χ1) is 6.82. The van der Waals surface area contributed by atoms with E-state index in [4.69, 9.17) is 4.55 Å². The lowest BCUT2D eigenvalue weighted by Crippen LogP contribution is -2.20. The molecule has 2 rings (SSSR count). The van der Waals surface area contributed by atoms with Gasteiger partial charge in [-0.15, -0.1) is 0 Å². The van der Waals surface area contributed by atoms with Crippen molar-refractivity contribution in [3.63, 3.8) is 0 Å². The van der Waals surface area contributed by atoms with Gasteiger partial charge < -0.3 is 0 Å². The summed E-state index contributed by atoms with van der Waals surface area (Å²) in [5.41, 5.74) is 0.980. The number of rotatable bonds is 1. The fourth-order valence-electron chi connectivity index (χ4n) is 3.28. The lowest BCUT2D eigenvalue weighted by atomic mass is 9.79. The van der Waals surface area contributed by atoms with Gasteiger partial charge in [-0.05, 0) is 49.0 Å². The Morgan fingerprint density at radius 2 is 1.93 bits per heavy atom. The van der Waals surface area contributed by atoms with Crippen molar-refractivity contribution in [3.8, 4) is 0 Å². The molecule has 0 aromatic carbocycles. The molecule has 4 heteroatoms. The second-order valence-corrected chi connectivity index (χ2v) is 6.64. The van der Waals surface area contributed by atoms with E-state index in [9.17, 15) is 8.42 Å². The Labute approximate surface area is 91.3 Å². The van der Waals surface area contributed by atoms with Crippen LogP contribution in [0.2, 0.25) is 0 Å². The number of hydrogen-bond acceptors (Lipinski definition) is 2. The van der Waals surface area contributed by atoms with Crippen LogP contribution in [-0.4, -0.2) is 13.0 Å². The first-order valence-electron chi connectivity index (χ1n) is 5.49. The molecule has 86 valence electrons. The maximum atomic E-state index is 11.1. The van der Waals surface area contributed by atoms with Gasteiger partial charge in [-0.1, -0.05) is 13.8 Å². The fourth-order valence-corrected chi connectivity index (χ4v) is 3.85. The summed E-state index contributed by atoms with van der Waals surface area (Å²) in [7, 11) is -3.97. The highest BCUT2D eigenvalue weighted by molar-refractivity contribution is 7.89. The van der Waals surface area contributed by atoms with Gasteiger partial charge in [0, 0.05) is 0 Å². The molecule has 0 spiro atoms.